The van der Waals surface area contributed by atoms with Crippen LogP contribution in [0, 0.1) is 0 Å². The van der Waals surface area contributed by atoms with Gasteiger partial charge in [0.2, 0.25) is 0 Å². The van der Waals surface area contributed by atoms with E-state index >= 15 is 0 Å². The Morgan fingerprint density at radius 2 is 2.05 bits per heavy atom. The van der Waals surface area contributed by atoms with Crippen LogP contribution in [0.4, 0.5) is 5.69 Å². The molecule has 0 spiro atoms. The number of carbonyl (C=O) groups is 1. The van der Waals surface area contributed by atoms with Crippen molar-refractivity contribution >= 4 is 21.9 Å². The fourth-order valence-corrected chi connectivity index (χ4v) is 1.74. The first-order chi connectivity index (χ1) is 8.72. The summed E-state index contributed by atoms with van der Waals surface area (Å²) < 4.78 is 31.7. The van der Waals surface area contributed by atoms with Crippen LogP contribution in [0.1, 0.15) is 6.92 Å². The largest absolute Gasteiger partial charge is 0.479 e. The van der Waals surface area contributed by atoms with Crippen LogP contribution in [-0.4, -0.2) is 44.0 Å². The van der Waals surface area contributed by atoms with Crippen LogP contribution >= 0.6 is 0 Å². The average Bonchev–Trinajstić information content (AvgIpc) is 2.28. The smallest absolute Gasteiger partial charge is 0.344 e. The molecule has 1 aromatic carbocycles. The third kappa shape index (κ3) is 4.42. The zero-order valence-corrected chi connectivity index (χ0v) is 11.6. The number of aliphatic carboxylic acids is 1. The topological polar surface area (TPSA) is 95.9 Å². The second-order valence-corrected chi connectivity index (χ2v) is 5.90. The van der Waals surface area contributed by atoms with Crippen molar-refractivity contribution in [2.45, 2.75) is 13.0 Å². The maximum absolute atomic E-state index is 11.6. The van der Waals surface area contributed by atoms with Crippen molar-refractivity contribution in [3.05, 3.63) is 24.3 Å². The molecule has 2 N–H and O–H groups in total. The molecule has 0 saturated heterocycles. The Hall–Kier alpha value is -1.80. The highest BCUT2D eigenvalue weighted by Crippen LogP contribution is 2.19. The van der Waals surface area contributed by atoms with Gasteiger partial charge in [-0.2, -0.15) is 12.7 Å². The van der Waals surface area contributed by atoms with Gasteiger partial charge in [0.1, 0.15) is 5.75 Å². The summed E-state index contributed by atoms with van der Waals surface area (Å²) in [6, 6.07) is 6.07. The summed E-state index contributed by atoms with van der Waals surface area (Å²) in [6.45, 7) is 1.39. The summed E-state index contributed by atoms with van der Waals surface area (Å²) in [6.07, 6.45) is -1.01. The van der Waals surface area contributed by atoms with Crippen molar-refractivity contribution in [2.24, 2.45) is 0 Å². The predicted octanol–water partition coefficient (Wildman–Crippen LogP) is 0.757. The van der Waals surface area contributed by atoms with E-state index < -0.39 is 22.3 Å². The SMILES string of the molecule is CC(Oc1cccc(NS(=O)(=O)N(C)C)c1)C(=O)O. The highest BCUT2D eigenvalue weighted by atomic mass is 32.2. The molecule has 0 fully saturated rings. The maximum Gasteiger partial charge on any atom is 0.344 e. The molecule has 0 aromatic heterocycles. The number of nitrogens with zero attached hydrogens (tertiary/aromatic N) is 1. The lowest BCUT2D eigenvalue weighted by Crippen LogP contribution is -2.29. The molecule has 1 aromatic rings. The number of hydrogen-bond donors (Lipinski definition) is 2. The Balaban J connectivity index is 2.86. The van der Waals surface area contributed by atoms with Gasteiger partial charge in [0, 0.05) is 20.2 Å². The minimum Gasteiger partial charge on any atom is -0.479 e. The summed E-state index contributed by atoms with van der Waals surface area (Å²) in [7, 11) is -0.805. The monoisotopic (exact) mass is 288 g/mol. The van der Waals surface area contributed by atoms with Gasteiger partial charge in [0.15, 0.2) is 6.10 Å². The molecular formula is C11H16N2O5S. The van der Waals surface area contributed by atoms with E-state index in [1.807, 2.05) is 0 Å². The van der Waals surface area contributed by atoms with E-state index in [1.54, 1.807) is 18.2 Å². The van der Waals surface area contributed by atoms with Crippen LogP contribution in [0.5, 0.6) is 5.75 Å². The minimum absolute atomic E-state index is 0.272. The first kappa shape index (κ1) is 15.3. The fourth-order valence-electron chi connectivity index (χ4n) is 1.13. The number of benzene rings is 1. The Morgan fingerprint density at radius 1 is 1.42 bits per heavy atom. The van der Waals surface area contributed by atoms with Crippen molar-refractivity contribution in [1.82, 2.24) is 4.31 Å². The Morgan fingerprint density at radius 3 is 2.58 bits per heavy atom. The highest BCUT2D eigenvalue weighted by Gasteiger charge is 2.15. The number of nitrogens with one attached hydrogen (secondary N) is 1. The van der Waals surface area contributed by atoms with Crippen molar-refractivity contribution in [3.8, 4) is 5.75 Å². The second kappa shape index (κ2) is 5.89. The predicted molar refractivity (Wildman–Crippen MR) is 70.4 cm³/mol. The third-order valence-corrected chi connectivity index (χ3v) is 3.68. The van der Waals surface area contributed by atoms with Crippen LogP contribution in [0.25, 0.3) is 0 Å². The Labute approximate surface area is 112 Å². The van der Waals surface area contributed by atoms with Crippen LogP contribution in [-0.2, 0) is 15.0 Å². The van der Waals surface area contributed by atoms with E-state index in [0.717, 1.165) is 4.31 Å². The molecule has 1 rings (SSSR count). The van der Waals surface area contributed by atoms with Gasteiger partial charge in [0.25, 0.3) is 0 Å². The molecule has 0 aliphatic rings. The molecule has 0 radical (unpaired) electrons. The number of anilines is 1. The summed E-state index contributed by atoms with van der Waals surface area (Å²) in [5.74, 6) is -0.826. The van der Waals surface area contributed by atoms with Gasteiger partial charge in [-0.25, -0.2) is 4.79 Å². The van der Waals surface area contributed by atoms with Gasteiger partial charge in [-0.3, -0.25) is 4.72 Å². The van der Waals surface area contributed by atoms with Gasteiger partial charge >= 0.3 is 16.2 Å². The Kier molecular flexibility index (Phi) is 4.73. The average molecular weight is 288 g/mol. The summed E-state index contributed by atoms with van der Waals surface area (Å²) in [5, 5.41) is 8.73. The third-order valence-electron chi connectivity index (χ3n) is 2.22. The van der Waals surface area contributed by atoms with Gasteiger partial charge in [0.05, 0.1) is 5.69 Å². The lowest BCUT2D eigenvalue weighted by atomic mass is 10.3. The standard InChI is InChI=1S/C11H16N2O5S/c1-8(11(14)15)18-10-6-4-5-9(7-10)12-19(16,17)13(2)3/h4-8,12H,1-3H3,(H,14,15). The first-order valence-corrected chi connectivity index (χ1v) is 6.86. The molecule has 7 nitrogen and oxygen atoms in total. The molecule has 0 heterocycles. The minimum atomic E-state index is -3.60. The number of carboxylic acids is 1. The van der Waals surface area contributed by atoms with E-state index in [1.165, 1.54) is 27.1 Å². The van der Waals surface area contributed by atoms with E-state index in [4.69, 9.17) is 9.84 Å². The fraction of sp³-hybridized carbons (Fsp3) is 0.364. The molecule has 0 aliphatic carbocycles. The van der Waals surface area contributed by atoms with Gasteiger partial charge in [-0.15, -0.1) is 0 Å². The molecule has 0 amide bonds. The second-order valence-electron chi connectivity index (χ2n) is 4.02. The van der Waals surface area contributed by atoms with E-state index in [9.17, 15) is 13.2 Å². The molecule has 0 bridgehead atoms. The van der Waals surface area contributed by atoms with Gasteiger partial charge in [-0.05, 0) is 19.1 Å². The molecule has 8 heteroatoms. The van der Waals surface area contributed by atoms with Crippen molar-refractivity contribution in [1.29, 1.82) is 0 Å². The summed E-state index contributed by atoms with van der Waals surface area (Å²) in [4.78, 5) is 10.7. The lowest BCUT2D eigenvalue weighted by Gasteiger charge is -2.15. The summed E-state index contributed by atoms with van der Waals surface area (Å²) in [5.41, 5.74) is 0.295. The molecule has 1 unspecified atom stereocenters. The first-order valence-electron chi connectivity index (χ1n) is 5.42. The Bertz CT molecular complexity index is 556. The maximum atomic E-state index is 11.6. The zero-order chi connectivity index (χ0) is 14.6. The lowest BCUT2D eigenvalue weighted by molar-refractivity contribution is -0.144. The van der Waals surface area contributed by atoms with Crippen LogP contribution in [0.15, 0.2) is 24.3 Å². The number of ether oxygens (including phenoxy) is 1. The number of hydrogen-bond acceptors (Lipinski definition) is 4. The summed E-state index contributed by atoms with van der Waals surface area (Å²) >= 11 is 0. The quantitative estimate of drug-likeness (QED) is 0.805. The molecule has 106 valence electrons. The van der Waals surface area contributed by atoms with Crippen LogP contribution < -0.4 is 9.46 Å². The van der Waals surface area contributed by atoms with E-state index in [2.05, 4.69) is 4.72 Å². The van der Waals surface area contributed by atoms with E-state index in [0.29, 0.717) is 5.69 Å². The molecule has 19 heavy (non-hydrogen) atoms. The van der Waals surface area contributed by atoms with Gasteiger partial charge < -0.3 is 9.84 Å². The van der Waals surface area contributed by atoms with Crippen LogP contribution in [0.2, 0.25) is 0 Å². The van der Waals surface area contributed by atoms with Crippen molar-refractivity contribution < 1.29 is 23.1 Å². The van der Waals surface area contributed by atoms with Gasteiger partial charge in [-0.1, -0.05) is 6.07 Å². The van der Waals surface area contributed by atoms with E-state index in [-0.39, 0.29) is 5.75 Å². The number of carboxylic acid groups (broad SMARTS) is 1. The van der Waals surface area contributed by atoms with Crippen LogP contribution in [0.3, 0.4) is 0 Å². The highest BCUT2D eigenvalue weighted by molar-refractivity contribution is 7.90. The molecule has 0 saturated carbocycles. The molecule has 1 atom stereocenters. The number of rotatable bonds is 6. The van der Waals surface area contributed by atoms with Crippen molar-refractivity contribution in [2.75, 3.05) is 18.8 Å². The zero-order valence-electron chi connectivity index (χ0n) is 10.8. The normalized spacial score (nSPS) is 13.1. The molecular weight excluding hydrogens is 272 g/mol. The van der Waals surface area contributed by atoms with Crippen molar-refractivity contribution in [3.63, 3.8) is 0 Å². The molecule has 0 aliphatic heterocycles.